The number of benzene rings is 1. The van der Waals surface area contributed by atoms with Gasteiger partial charge in [0.1, 0.15) is 17.7 Å². The molecule has 0 aliphatic heterocycles. The summed E-state index contributed by atoms with van der Waals surface area (Å²) in [6, 6.07) is 5.00. The van der Waals surface area contributed by atoms with Crippen LogP contribution in [0.4, 0.5) is 8.78 Å². The fraction of sp³-hybridized carbons (Fsp3) is 0.0833. The van der Waals surface area contributed by atoms with E-state index in [1.165, 1.54) is 18.3 Å². The Morgan fingerprint density at radius 2 is 1.94 bits per heavy atom. The maximum atomic E-state index is 13.5. The zero-order valence-electron chi connectivity index (χ0n) is 8.57. The van der Waals surface area contributed by atoms with Crippen LogP contribution < -0.4 is 0 Å². The molecule has 0 aliphatic rings. The maximum Gasteiger partial charge on any atom is 0.141 e. The van der Waals surface area contributed by atoms with Crippen molar-refractivity contribution in [3.05, 3.63) is 64.4 Å². The number of aromatic nitrogens is 1. The Bertz CT molecular complexity index is 548. The topological polar surface area (TPSA) is 33.1 Å². The highest BCUT2D eigenvalue weighted by molar-refractivity contribution is 6.30. The van der Waals surface area contributed by atoms with E-state index in [1.54, 1.807) is 0 Å². The predicted molar refractivity (Wildman–Crippen MR) is 59.7 cm³/mol. The van der Waals surface area contributed by atoms with Gasteiger partial charge in [-0.05, 0) is 18.2 Å². The molecule has 2 nitrogen and oxygen atoms in total. The van der Waals surface area contributed by atoms with Gasteiger partial charge in [0.15, 0.2) is 0 Å². The molecule has 1 aromatic heterocycles. The summed E-state index contributed by atoms with van der Waals surface area (Å²) in [4.78, 5) is 3.59. The molecule has 0 fully saturated rings. The molecule has 1 N–H and O–H groups in total. The van der Waals surface area contributed by atoms with Crippen molar-refractivity contribution in [3.63, 3.8) is 0 Å². The summed E-state index contributed by atoms with van der Waals surface area (Å²) in [6.45, 7) is 0. The first-order valence-electron chi connectivity index (χ1n) is 4.81. The van der Waals surface area contributed by atoms with Crippen molar-refractivity contribution in [2.24, 2.45) is 0 Å². The van der Waals surface area contributed by atoms with Crippen LogP contribution in [0.15, 0.2) is 36.7 Å². The molecule has 0 amide bonds. The minimum absolute atomic E-state index is 0.0294. The zero-order valence-corrected chi connectivity index (χ0v) is 9.33. The van der Waals surface area contributed by atoms with E-state index >= 15 is 0 Å². The van der Waals surface area contributed by atoms with Gasteiger partial charge in [-0.25, -0.2) is 8.78 Å². The lowest BCUT2D eigenvalue weighted by atomic mass is 10.0. The number of hydrogen-bond acceptors (Lipinski definition) is 2. The largest absolute Gasteiger partial charge is 0.383 e. The Kier molecular flexibility index (Phi) is 3.36. The van der Waals surface area contributed by atoms with Crippen LogP contribution in [0.3, 0.4) is 0 Å². The highest BCUT2D eigenvalue weighted by Gasteiger charge is 2.16. The van der Waals surface area contributed by atoms with Crippen LogP contribution in [0.25, 0.3) is 0 Å². The number of aliphatic hydroxyl groups is 1. The maximum absolute atomic E-state index is 13.5. The SMILES string of the molecule is OC(c1cncc(F)c1)c1ccc(Cl)cc1F. The molecule has 5 heteroatoms. The molecule has 2 rings (SSSR count). The van der Waals surface area contributed by atoms with Gasteiger partial charge in [-0.2, -0.15) is 0 Å². The average Bonchev–Trinajstić information content (AvgIpc) is 2.28. The molecule has 88 valence electrons. The molecular formula is C12H8ClF2NO. The molecule has 1 heterocycles. The summed E-state index contributed by atoms with van der Waals surface area (Å²) >= 11 is 5.60. The lowest BCUT2D eigenvalue weighted by molar-refractivity contribution is 0.214. The van der Waals surface area contributed by atoms with E-state index in [2.05, 4.69) is 4.98 Å². The number of halogens is 3. The predicted octanol–water partition coefficient (Wildman–Crippen LogP) is 3.09. The van der Waals surface area contributed by atoms with Crippen molar-refractivity contribution in [2.45, 2.75) is 6.10 Å². The lowest BCUT2D eigenvalue weighted by Gasteiger charge is -2.12. The number of aliphatic hydroxyl groups excluding tert-OH is 1. The van der Waals surface area contributed by atoms with Gasteiger partial charge in [0, 0.05) is 22.3 Å². The normalized spacial score (nSPS) is 12.5. The number of hydrogen-bond donors (Lipinski definition) is 1. The van der Waals surface area contributed by atoms with Crippen LogP contribution in [0.1, 0.15) is 17.2 Å². The van der Waals surface area contributed by atoms with Crippen molar-refractivity contribution in [1.82, 2.24) is 4.98 Å². The third-order valence-corrected chi connectivity index (χ3v) is 2.53. The van der Waals surface area contributed by atoms with Crippen LogP contribution in [0, 0.1) is 11.6 Å². The second kappa shape index (κ2) is 4.77. The quantitative estimate of drug-likeness (QED) is 0.895. The summed E-state index contributed by atoms with van der Waals surface area (Å²) in [5, 5.41) is 10.1. The summed E-state index contributed by atoms with van der Waals surface area (Å²) in [7, 11) is 0. The second-order valence-electron chi connectivity index (χ2n) is 3.50. The van der Waals surface area contributed by atoms with Crippen molar-refractivity contribution in [2.75, 3.05) is 0 Å². The summed E-state index contributed by atoms with van der Waals surface area (Å²) < 4.78 is 26.4. The molecule has 0 radical (unpaired) electrons. The van der Waals surface area contributed by atoms with Gasteiger partial charge in [-0.3, -0.25) is 4.98 Å². The Balaban J connectivity index is 2.40. The van der Waals surface area contributed by atoms with E-state index in [9.17, 15) is 13.9 Å². The van der Waals surface area contributed by atoms with Crippen LogP contribution in [0.5, 0.6) is 0 Å². The monoisotopic (exact) mass is 255 g/mol. The lowest BCUT2D eigenvalue weighted by Crippen LogP contribution is -2.03. The van der Waals surface area contributed by atoms with Gasteiger partial charge in [0.2, 0.25) is 0 Å². The standard InChI is InChI=1S/C12H8ClF2NO/c13-8-1-2-10(11(15)4-8)12(17)7-3-9(14)6-16-5-7/h1-6,12,17H. The van der Waals surface area contributed by atoms with E-state index in [-0.39, 0.29) is 16.1 Å². The Morgan fingerprint density at radius 1 is 1.18 bits per heavy atom. The molecule has 2 aromatic rings. The van der Waals surface area contributed by atoms with E-state index in [0.717, 1.165) is 18.3 Å². The molecule has 0 saturated carbocycles. The van der Waals surface area contributed by atoms with E-state index in [0.29, 0.717) is 0 Å². The molecule has 0 aliphatic carbocycles. The van der Waals surface area contributed by atoms with Crippen molar-refractivity contribution < 1.29 is 13.9 Å². The molecule has 1 aromatic carbocycles. The molecule has 0 spiro atoms. The Morgan fingerprint density at radius 3 is 2.59 bits per heavy atom. The van der Waals surface area contributed by atoms with Gasteiger partial charge in [-0.1, -0.05) is 17.7 Å². The molecular weight excluding hydrogens is 248 g/mol. The van der Waals surface area contributed by atoms with Crippen LogP contribution in [0.2, 0.25) is 5.02 Å². The molecule has 1 unspecified atom stereocenters. The minimum Gasteiger partial charge on any atom is -0.383 e. The number of rotatable bonds is 2. The Hall–Kier alpha value is -1.52. The smallest absolute Gasteiger partial charge is 0.141 e. The molecule has 0 saturated heterocycles. The molecule has 1 atom stereocenters. The van der Waals surface area contributed by atoms with Gasteiger partial charge in [0.25, 0.3) is 0 Å². The molecule has 17 heavy (non-hydrogen) atoms. The average molecular weight is 256 g/mol. The van der Waals surface area contributed by atoms with Crippen molar-refractivity contribution in [3.8, 4) is 0 Å². The summed E-state index contributed by atoms with van der Waals surface area (Å²) in [6.07, 6.45) is 1.02. The van der Waals surface area contributed by atoms with E-state index in [4.69, 9.17) is 11.6 Å². The van der Waals surface area contributed by atoms with E-state index in [1.807, 2.05) is 0 Å². The highest BCUT2D eigenvalue weighted by atomic mass is 35.5. The summed E-state index contributed by atoms with van der Waals surface area (Å²) in [5.74, 6) is -1.23. The van der Waals surface area contributed by atoms with Gasteiger partial charge in [-0.15, -0.1) is 0 Å². The third kappa shape index (κ3) is 2.60. The second-order valence-corrected chi connectivity index (χ2v) is 3.94. The zero-order chi connectivity index (χ0) is 12.4. The minimum atomic E-state index is -1.27. The first-order chi connectivity index (χ1) is 8.08. The van der Waals surface area contributed by atoms with Crippen molar-refractivity contribution >= 4 is 11.6 Å². The van der Waals surface area contributed by atoms with E-state index < -0.39 is 17.7 Å². The number of nitrogens with zero attached hydrogens (tertiary/aromatic N) is 1. The van der Waals surface area contributed by atoms with Gasteiger partial charge >= 0.3 is 0 Å². The molecule has 0 bridgehead atoms. The fourth-order valence-electron chi connectivity index (χ4n) is 1.48. The van der Waals surface area contributed by atoms with Crippen LogP contribution in [-0.4, -0.2) is 10.1 Å². The third-order valence-electron chi connectivity index (χ3n) is 2.30. The van der Waals surface area contributed by atoms with Gasteiger partial charge in [0.05, 0.1) is 6.20 Å². The van der Waals surface area contributed by atoms with Crippen molar-refractivity contribution in [1.29, 1.82) is 0 Å². The first-order valence-corrected chi connectivity index (χ1v) is 5.19. The Labute approximate surface area is 102 Å². The van der Waals surface area contributed by atoms with Gasteiger partial charge < -0.3 is 5.11 Å². The first kappa shape index (κ1) is 12.0. The van der Waals surface area contributed by atoms with Crippen LogP contribution >= 0.6 is 11.6 Å². The fourth-order valence-corrected chi connectivity index (χ4v) is 1.64. The van der Waals surface area contributed by atoms with Crippen LogP contribution in [-0.2, 0) is 0 Å². The number of pyridine rings is 1. The summed E-state index contributed by atoms with van der Waals surface area (Å²) in [5.41, 5.74) is 0.216. The highest BCUT2D eigenvalue weighted by Crippen LogP contribution is 2.26.